The van der Waals surface area contributed by atoms with Crippen LogP contribution in [0.2, 0.25) is 5.02 Å². The number of carbonyl (C=O) groups excluding carboxylic acids is 1. The van der Waals surface area contributed by atoms with Gasteiger partial charge in [-0.1, -0.05) is 11.6 Å². The summed E-state index contributed by atoms with van der Waals surface area (Å²) in [5.41, 5.74) is 6.30. The van der Waals surface area contributed by atoms with E-state index in [1.54, 1.807) is 0 Å². The Morgan fingerprint density at radius 2 is 2.17 bits per heavy atom. The van der Waals surface area contributed by atoms with Crippen molar-refractivity contribution in [3.63, 3.8) is 0 Å². The zero-order valence-electron chi connectivity index (χ0n) is 12.4. The highest BCUT2D eigenvalue weighted by atomic mass is 35.5. The third kappa shape index (κ3) is 2.51. The molecular weight excluding hydrogens is 334 g/mol. The monoisotopic (exact) mass is 345 g/mol. The number of nitro groups is 1. The molecule has 0 saturated carbocycles. The number of nitrogens with zero attached hydrogens (tertiary/aromatic N) is 2. The number of nitro benzene ring substituents is 1. The SMILES string of the molecule is N#CC1=C(N)OC2=C(C(=O)CCC2)[C@@H]1c1cc([N+](=O)[O-])ccc1Cl. The van der Waals surface area contributed by atoms with Gasteiger partial charge < -0.3 is 10.5 Å². The van der Waals surface area contributed by atoms with Crippen LogP contribution in [-0.2, 0) is 9.53 Å². The Labute approximate surface area is 142 Å². The summed E-state index contributed by atoms with van der Waals surface area (Å²) in [6, 6.07) is 5.86. The molecule has 3 rings (SSSR count). The van der Waals surface area contributed by atoms with Gasteiger partial charge in [-0.05, 0) is 18.1 Å². The van der Waals surface area contributed by atoms with Crippen LogP contribution in [0.25, 0.3) is 0 Å². The average molecular weight is 346 g/mol. The predicted octanol–water partition coefficient (Wildman–Crippen LogP) is 3.06. The number of allylic oxidation sites excluding steroid dienone is 3. The topological polar surface area (TPSA) is 119 Å². The molecule has 1 atom stereocenters. The Hall–Kier alpha value is -2.85. The molecule has 0 amide bonds. The minimum absolute atomic E-state index is 0.0337. The van der Waals surface area contributed by atoms with Gasteiger partial charge in [0, 0.05) is 35.6 Å². The Kier molecular flexibility index (Phi) is 3.99. The van der Waals surface area contributed by atoms with Gasteiger partial charge in [0.25, 0.3) is 5.69 Å². The zero-order valence-corrected chi connectivity index (χ0v) is 13.2. The maximum absolute atomic E-state index is 12.4. The summed E-state index contributed by atoms with van der Waals surface area (Å²) in [5.74, 6) is -0.697. The van der Waals surface area contributed by atoms with E-state index in [4.69, 9.17) is 22.1 Å². The van der Waals surface area contributed by atoms with Gasteiger partial charge in [0.2, 0.25) is 5.88 Å². The molecule has 0 spiro atoms. The van der Waals surface area contributed by atoms with Gasteiger partial charge >= 0.3 is 0 Å². The van der Waals surface area contributed by atoms with Crippen LogP contribution in [-0.4, -0.2) is 10.7 Å². The van der Waals surface area contributed by atoms with Crippen molar-refractivity contribution >= 4 is 23.1 Å². The van der Waals surface area contributed by atoms with Crippen molar-refractivity contribution in [3.8, 4) is 6.07 Å². The summed E-state index contributed by atoms with van der Waals surface area (Å²) >= 11 is 6.21. The standard InChI is InChI=1S/C16H12ClN3O4/c17-11-5-4-8(20(22)23)6-9(11)14-10(7-18)16(19)24-13-3-1-2-12(21)15(13)14/h4-6,14H,1-3,19H2/t14-/m1/s1. The van der Waals surface area contributed by atoms with Crippen molar-refractivity contribution in [2.24, 2.45) is 5.73 Å². The molecule has 1 heterocycles. The molecule has 1 aromatic carbocycles. The fourth-order valence-corrected chi connectivity index (χ4v) is 3.26. The van der Waals surface area contributed by atoms with Crippen LogP contribution in [0.1, 0.15) is 30.7 Å². The van der Waals surface area contributed by atoms with Crippen molar-refractivity contribution in [2.45, 2.75) is 25.2 Å². The maximum atomic E-state index is 12.4. The van der Waals surface area contributed by atoms with Gasteiger partial charge in [0.05, 0.1) is 10.8 Å². The van der Waals surface area contributed by atoms with E-state index in [9.17, 15) is 20.2 Å². The highest BCUT2D eigenvalue weighted by molar-refractivity contribution is 6.31. The lowest BCUT2D eigenvalue weighted by Crippen LogP contribution is -2.27. The van der Waals surface area contributed by atoms with Gasteiger partial charge in [0.15, 0.2) is 5.78 Å². The second kappa shape index (κ2) is 5.98. The number of nitrogens with two attached hydrogens (primary N) is 1. The van der Waals surface area contributed by atoms with Gasteiger partial charge in [-0.25, -0.2) is 0 Å². The number of hydrogen-bond donors (Lipinski definition) is 1. The fraction of sp³-hybridized carbons (Fsp3) is 0.250. The third-order valence-electron chi connectivity index (χ3n) is 4.11. The van der Waals surface area contributed by atoms with Crippen molar-refractivity contribution in [1.29, 1.82) is 5.26 Å². The van der Waals surface area contributed by atoms with Crippen LogP contribution in [0.3, 0.4) is 0 Å². The van der Waals surface area contributed by atoms with Crippen LogP contribution in [0.4, 0.5) is 5.69 Å². The summed E-state index contributed by atoms with van der Waals surface area (Å²) in [5, 5.41) is 20.7. The number of ether oxygens (including phenoxy) is 1. The van der Waals surface area contributed by atoms with Gasteiger partial charge in [-0.15, -0.1) is 0 Å². The number of rotatable bonds is 2. The third-order valence-corrected chi connectivity index (χ3v) is 4.45. The van der Waals surface area contributed by atoms with Crippen LogP contribution in [0, 0.1) is 21.4 Å². The summed E-state index contributed by atoms with van der Waals surface area (Å²) in [7, 11) is 0. The number of halogens is 1. The van der Waals surface area contributed by atoms with Crippen molar-refractivity contribution in [3.05, 3.63) is 61.7 Å². The second-order valence-electron chi connectivity index (χ2n) is 5.50. The molecule has 2 aliphatic rings. The maximum Gasteiger partial charge on any atom is 0.269 e. The number of carbonyl (C=O) groups is 1. The summed E-state index contributed by atoms with van der Waals surface area (Å²) in [6.45, 7) is 0. The van der Waals surface area contributed by atoms with E-state index in [2.05, 4.69) is 0 Å². The summed E-state index contributed by atoms with van der Waals surface area (Å²) in [6.07, 6.45) is 1.47. The Morgan fingerprint density at radius 1 is 1.42 bits per heavy atom. The molecule has 0 unspecified atom stereocenters. The van der Waals surface area contributed by atoms with E-state index >= 15 is 0 Å². The molecule has 122 valence electrons. The molecule has 0 saturated heterocycles. The quantitative estimate of drug-likeness (QED) is 0.649. The molecule has 0 bridgehead atoms. The minimum atomic E-state index is -0.848. The van der Waals surface area contributed by atoms with Gasteiger partial charge in [0.1, 0.15) is 17.4 Å². The minimum Gasteiger partial charge on any atom is -0.444 e. The van der Waals surface area contributed by atoms with Crippen molar-refractivity contribution < 1.29 is 14.5 Å². The summed E-state index contributed by atoms with van der Waals surface area (Å²) < 4.78 is 5.45. The van der Waals surface area contributed by atoms with Crippen molar-refractivity contribution in [1.82, 2.24) is 0 Å². The Morgan fingerprint density at radius 3 is 2.83 bits per heavy atom. The number of ketones is 1. The number of benzene rings is 1. The first kappa shape index (κ1) is 16.0. The van der Waals surface area contributed by atoms with Crippen molar-refractivity contribution in [2.75, 3.05) is 0 Å². The average Bonchev–Trinajstić information content (AvgIpc) is 2.54. The second-order valence-corrected chi connectivity index (χ2v) is 5.91. The largest absolute Gasteiger partial charge is 0.444 e. The first-order valence-electron chi connectivity index (χ1n) is 7.21. The highest BCUT2D eigenvalue weighted by Crippen LogP contribution is 2.45. The normalized spacial score (nSPS) is 20.3. The van der Waals surface area contributed by atoms with E-state index in [0.29, 0.717) is 36.2 Å². The van der Waals surface area contributed by atoms with Crippen LogP contribution in [0.15, 0.2) is 41.0 Å². The Balaban J connectivity index is 2.25. The van der Waals surface area contributed by atoms with E-state index < -0.39 is 10.8 Å². The smallest absolute Gasteiger partial charge is 0.269 e. The number of non-ortho nitro benzene ring substituents is 1. The lowest BCUT2D eigenvalue weighted by atomic mass is 9.77. The highest BCUT2D eigenvalue weighted by Gasteiger charge is 2.39. The van der Waals surface area contributed by atoms with Gasteiger partial charge in [-0.2, -0.15) is 5.26 Å². The molecule has 7 nitrogen and oxygen atoms in total. The van der Waals surface area contributed by atoms with E-state index in [-0.39, 0.29) is 27.9 Å². The van der Waals surface area contributed by atoms with E-state index in [0.717, 1.165) is 0 Å². The molecular formula is C16H12ClN3O4. The zero-order chi connectivity index (χ0) is 17.4. The predicted molar refractivity (Wildman–Crippen MR) is 84.6 cm³/mol. The molecule has 2 N–H and O–H groups in total. The number of nitriles is 1. The molecule has 1 aliphatic heterocycles. The van der Waals surface area contributed by atoms with E-state index in [1.807, 2.05) is 6.07 Å². The summed E-state index contributed by atoms with van der Waals surface area (Å²) in [4.78, 5) is 22.9. The van der Waals surface area contributed by atoms with Crippen LogP contribution >= 0.6 is 11.6 Å². The number of Topliss-reactive ketones (excluding diaryl/α,β-unsaturated/α-hetero) is 1. The molecule has 0 radical (unpaired) electrons. The first-order valence-corrected chi connectivity index (χ1v) is 7.59. The first-order chi connectivity index (χ1) is 11.4. The number of hydrogen-bond acceptors (Lipinski definition) is 6. The fourth-order valence-electron chi connectivity index (χ4n) is 3.03. The lowest BCUT2D eigenvalue weighted by molar-refractivity contribution is -0.384. The molecule has 0 aromatic heterocycles. The molecule has 0 fully saturated rings. The molecule has 24 heavy (non-hydrogen) atoms. The lowest BCUT2D eigenvalue weighted by Gasteiger charge is -2.31. The molecule has 1 aliphatic carbocycles. The van der Waals surface area contributed by atoms with E-state index in [1.165, 1.54) is 18.2 Å². The molecule has 1 aromatic rings. The van der Waals surface area contributed by atoms with Crippen LogP contribution < -0.4 is 5.73 Å². The molecule has 8 heteroatoms. The van der Waals surface area contributed by atoms with Gasteiger partial charge in [-0.3, -0.25) is 14.9 Å². The Bertz CT molecular complexity index is 867. The van der Waals surface area contributed by atoms with Crippen LogP contribution in [0.5, 0.6) is 0 Å².